The Balaban J connectivity index is 1.60. The number of oxazole rings is 1. The quantitative estimate of drug-likeness (QED) is 0.482. The second-order valence-corrected chi connectivity index (χ2v) is 6.63. The molecule has 5 nitrogen and oxygen atoms in total. The van der Waals surface area contributed by atoms with Crippen molar-refractivity contribution < 1.29 is 9.15 Å². The maximum absolute atomic E-state index is 6.04. The van der Waals surface area contributed by atoms with E-state index in [0.29, 0.717) is 11.7 Å². The van der Waals surface area contributed by atoms with Gasteiger partial charge in [0.1, 0.15) is 11.6 Å². The van der Waals surface area contributed by atoms with Crippen LogP contribution in [0.2, 0.25) is 0 Å². The van der Waals surface area contributed by atoms with Gasteiger partial charge in [0.25, 0.3) is 0 Å². The van der Waals surface area contributed by atoms with E-state index < -0.39 is 0 Å². The molecule has 0 aliphatic heterocycles. The number of hydrogen-bond acceptors (Lipinski definition) is 5. The van der Waals surface area contributed by atoms with Crippen LogP contribution >= 0.6 is 0 Å². The fourth-order valence-electron chi connectivity index (χ4n) is 3.04. The molecule has 0 fully saturated rings. The Bertz CT molecular complexity index is 1120. The van der Waals surface area contributed by atoms with Crippen molar-refractivity contribution in [2.45, 2.75) is 13.8 Å². The molecule has 0 saturated heterocycles. The zero-order chi connectivity index (χ0) is 19.5. The number of pyridine rings is 1. The summed E-state index contributed by atoms with van der Waals surface area (Å²) in [5.41, 5.74) is 5.04. The highest BCUT2D eigenvalue weighted by atomic mass is 16.5. The van der Waals surface area contributed by atoms with Crippen molar-refractivity contribution in [1.82, 2.24) is 9.97 Å². The number of anilines is 2. The zero-order valence-electron chi connectivity index (χ0n) is 16.1. The molecule has 0 saturated carbocycles. The van der Waals surface area contributed by atoms with Crippen LogP contribution in [0.1, 0.15) is 11.1 Å². The molecule has 4 aromatic rings. The summed E-state index contributed by atoms with van der Waals surface area (Å²) in [7, 11) is 1.66. The first-order chi connectivity index (χ1) is 13.6. The molecular weight excluding hydrogens is 350 g/mol. The minimum atomic E-state index is 0.592. The molecule has 0 radical (unpaired) electrons. The van der Waals surface area contributed by atoms with E-state index in [1.807, 2.05) is 68.4 Å². The number of rotatable bonds is 5. The van der Waals surface area contributed by atoms with E-state index in [1.54, 1.807) is 19.5 Å². The molecule has 0 aliphatic carbocycles. The van der Waals surface area contributed by atoms with Crippen LogP contribution in [-0.4, -0.2) is 17.1 Å². The lowest BCUT2D eigenvalue weighted by molar-refractivity contribution is 0.414. The van der Waals surface area contributed by atoms with Gasteiger partial charge < -0.3 is 14.5 Å². The standard InChI is InChI=1S/C23H21N3O2/c1-15-9-10-24-22(11-15)26-18-6-4-5-17(13-18)21-14-25-23(28-21)20-8-7-19(27-3)12-16(20)2/h4-14H,1-3H3,(H,24,26). The highest BCUT2D eigenvalue weighted by molar-refractivity contribution is 5.68. The number of ether oxygens (including phenoxy) is 1. The Morgan fingerprint density at radius 3 is 2.64 bits per heavy atom. The molecule has 2 heterocycles. The number of hydrogen-bond donors (Lipinski definition) is 1. The van der Waals surface area contributed by atoms with Gasteiger partial charge in [0, 0.05) is 23.0 Å². The van der Waals surface area contributed by atoms with Crippen LogP contribution in [-0.2, 0) is 0 Å². The third-order valence-corrected chi connectivity index (χ3v) is 4.50. The lowest BCUT2D eigenvalue weighted by Gasteiger charge is -2.07. The van der Waals surface area contributed by atoms with Crippen molar-refractivity contribution in [3.8, 4) is 28.5 Å². The lowest BCUT2D eigenvalue weighted by atomic mass is 10.1. The SMILES string of the molecule is COc1ccc(-c2ncc(-c3cccc(Nc4cc(C)ccn4)c3)o2)c(C)c1. The second-order valence-electron chi connectivity index (χ2n) is 6.63. The van der Waals surface area contributed by atoms with Gasteiger partial charge >= 0.3 is 0 Å². The fourth-order valence-corrected chi connectivity index (χ4v) is 3.04. The predicted molar refractivity (Wildman–Crippen MR) is 111 cm³/mol. The van der Waals surface area contributed by atoms with Gasteiger partial charge in [-0.3, -0.25) is 0 Å². The van der Waals surface area contributed by atoms with E-state index in [-0.39, 0.29) is 0 Å². The molecule has 0 aliphatic rings. The van der Waals surface area contributed by atoms with Gasteiger partial charge in [-0.05, 0) is 67.4 Å². The largest absolute Gasteiger partial charge is 0.497 e. The number of nitrogens with one attached hydrogen (secondary N) is 1. The number of nitrogens with zero attached hydrogens (tertiary/aromatic N) is 2. The van der Waals surface area contributed by atoms with Crippen molar-refractivity contribution >= 4 is 11.5 Å². The van der Waals surface area contributed by atoms with Crippen LogP contribution in [0, 0.1) is 13.8 Å². The van der Waals surface area contributed by atoms with E-state index >= 15 is 0 Å². The number of aromatic nitrogens is 2. The molecule has 0 bridgehead atoms. The van der Waals surface area contributed by atoms with Gasteiger partial charge in [0.15, 0.2) is 5.76 Å². The van der Waals surface area contributed by atoms with Gasteiger partial charge in [-0.2, -0.15) is 0 Å². The van der Waals surface area contributed by atoms with E-state index in [1.165, 1.54) is 0 Å². The highest BCUT2D eigenvalue weighted by Gasteiger charge is 2.12. The minimum Gasteiger partial charge on any atom is -0.497 e. The topological polar surface area (TPSA) is 60.2 Å². The molecule has 140 valence electrons. The summed E-state index contributed by atoms with van der Waals surface area (Å²) in [4.78, 5) is 8.81. The van der Waals surface area contributed by atoms with E-state index in [4.69, 9.17) is 9.15 Å². The first-order valence-corrected chi connectivity index (χ1v) is 9.03. The highest BCUT2D eigenvalue weighted by Crippen LogP contribution is 2.31. The second kappa shape index (κ2) is 7.56. The first kappa shape index (κ1) is 17.8. The number of methoxy groups -OCH3 is 1. The van der Waals surface area contributed by atoms with Crippen LogP contribution in [0.5, 0.6) is 5.75 Å². The molecule has 5 heteroatoms. The minimum absolute atomic E-state index is 0.592. The van der Waals surface area contributed by atoms with Crippen molar-refractivity contribution in [2.24, 2.45) is 0 Å². The first-order valence-electron chi connectivity index (χ1n) is 9.03. The smallest absolute Gasteiger partial charge is 0.226 e. The third kappa shape index (κ3) is 3.74. The van der Waals surface area contributed by atoms with E-state index in [0.717, 1.165) is 39.5 Å². The number of aryl methyl sites for hydroxylation is 2. The van der Waals surface area contributed by atoms with Gasteiger partial charge in [-0.1, -0.05) is 12.1 Å². The van der Waals surface area contributed by atoms with Gasteiger partial charge in [0.2, 0.25) is 5.89 Å². The van der Waals surface area contributed by atoms with Crippen LogP contribution in [0.15, 0.2) is 71.4 Å². The third-order valence-electron chi connectivity index (χ3n) is 4.50. The molecule has 0 unspecified atom stereocenters. The van der Waals surface area contributed by atoms with Crippen molar-refractivity contribution in [1.29, 1.82) is 0 Å². The Morgan fingerprint density at radius 1 is 0.964 bits per heavy atom. The summed E-state index contributed by atoms with van der Waals surface area (Å²) >= 11 is 0. The van der Waals surface area contributed by atoms with Gasteiger partial charge in [0.05, 0.1) is 13.3 Å². The molecular formula is C23H21N3O2. The van der Waals surface area contributed by atoms with Crippen LogP contribution in [0.4, 0.5) is 11.5 Å². The van der Waals surface area contributed by atoms with Gasteiger partial charge in [-0.25, -0.2) is 9.97 Å². The Morgan fingerprint density at radius 2 is 1.86 bits per heavy atom. The fraction of sp³-hybridized carbons (Fsp3) is 0.130. The average molecular weight is 371 g/mol. The zero-order valence-corrected chi connectivity index (χ0v) is 16.1. The lowest BCUT2D eigenvalue weighted by Crippen LogP contribution is -1.93. The molecule has 0 atom stereocenters. The Hall–Kier alpha value is -3.60. The number of benzene rings is 2. The summed E-state index contributed by atoms with van der Waals surface area (Å²) in [6.45, 7) is 4.06. The Kier molecular flexibility index (Phi) is 4.81. The average Bonchev–Trinajstić information content (AvgIpc) is 3.18. The summed E-state index contributed by atoms with van der Waals surface area (Å²) < 4.78 is 11.3. The van der Waals surface area contributed by atoms with E-state index in [2.05, 4.69) is 15.3 Å². The van der Waals surface area contributed by atoms with Crippen LogP contribution in [0.25, 0.3) is 22.8 Å². The summed E-state index contributed by atoms with van der Waals surface area (Å²) in [6, 6.07) is 17.8. The molecule has 2 aromatic carbocycles. The monoisotopic (exact) mass is 371 g/mol. The summed E-state index contributed by atoms with van der Waals surface area (Å²) in [5.74, 6) is 2.93. The van der Waals surface area contributed by atoms with Gasteiger partial charge in [-0.15, -0.1) is 0 Å². The summed E-state index contributed by atoms with van der Waals surface area (Å²) in [5, 5.41) is 3.33. The molecule has 0 amide bonds. The maximum Gasteiger partial charge on any atom is 0.226 e. The molecule has 4 rings (SSSR count). The van der Waals surface area contributed by atoms with Crippen molar-refractivity contribution in [3.63, 3.8) is 0 Å². The predicted octanol–water partition coefficient (Wildman–Crippen LogP) is 5.77. The van der Waals surface area contributed by atoms with Crippen LogP contribution < -0.4 is 10.1 Å². The molecule has 0 spiro atoms. The van der Waals surface area contributed by atoms with Crippen LogP contribution in [0.3, 0.4) is 0 Å². The molecule has 2 aromatic heterocycles. The summed E-state index contributed by atoms with van der Waals surface area (Å²) in [6.07, 6.45) is 3.55. The molecule has 1 N–H and O–H groups in total. The molecule has 28 heavy (non-hydrogen) atoms. The Labute approximate surface area is 164 Å². The maximum atomic E-state index is 6.04. The van der Waals surface area contributed by atoms with Crippen molar-refractivity contribution in [3.05, 3.63) is 78.1 Å². The normalized spacial score (nSPS) is 10.7. The van der Waals surface area contributed by atoms with E-state index in [9.17, 15) is 0 Å². The van der Waals surface area contributed by atoms with Crippen molar-refractivity contribution in [2.75, 3.05) is 12.4 Å².